The van der Waals surface area contributed by atoms with Crippen LogP contribution in [0.2, 0.25) is 0 Å². The predicted octanol–water partition coefficient (Wildman–Crippen LogP) is 5.49. The molecule has 2 aromatic carbocycles. The second kappa shape index (κ2) is 10.6. The van der Waals surface area contributed by atoms with Crippen molar-refractivity contribution in [2.45, 2.75) is 52.5 Å². The molecule has 3 N–H and O–H groups in total. The van der Waals surface area contributed by atoms with Crippen LogP contribution < -0.4 is 11.1 Å². The van der Waals surface area contributed by atoms with Crippen LogP contribution in [0.5, 0.6) is 0 Å². The molecule has 0 saturated heterocycles. The molecular formula is C27H32FN5O. The average molecular weight is 462 g/mol. The lowest BCUT2D eigenvalue weighted by Crippen LogP contribution is -2.26. The Kier molecular flexibility index (Phi) is 7.40. The summed E-state index contributed by atoms with van der Waals surface area (Å²) in [4.78, 5) is 22.9. The largest absolute Gasteiger partial charge is 0.384 e. The first kappa shape index (κ1) is 23.7. The molecule has 7 heteroatoms. The number of rotatable bonds is 10. The fourth-order valence-corrected chi connectivity index (χ4v) is 4.36. The first-order chi connectivity index (χ1) is 16.5. The number of hydrogen-bond donors (Lipinski definition) is 2. The molecule has 0 aliphatic heterocycles. The maximum absolute atomic E-state index is 13.3. The number of halogens is 1. The number of para-hydroxylation sites is 2. The van der Waals surface area contributed by atoms with Crippen molar-refractivity contribution >= 4 is 33.9 Å². The summed E-state index contributed by atoms with van der Waals surface area (Å²) in [6.45, 7) is 5.49. The van der Waals surface area contributed by atoms with Gasteiger partial charge in [0.2, 0.25) is 0 Å². The van der Waals surface area contributed by atoms with Gasteiger partial charge >= 0.3 is 0 Å². The molecule has 0 unspecified atom stereocenters. The van der Waals surface area contributed by atoms with Gasteiger partial charge < -0.3 is 15.6 Å². The summed E-state index contributed by atoms with van der Waals surface area (Å²) >= 11 is 0. The number of carbonyl (C=O) groups excluding carboxylic acids is 1. The highest BCUT2D eigenvalue weighted by Gasteiger charge is 2.25. The number of benzene rings is 2. The maximum Gasteiger partial charge on any atom is 0.257 e. The molecule has 34 heavy (non-hydrogen) atoms. The minimum Gasteiger partial charge on any atom is -0.384 e. The topological polar surface area (TPSA) is 85.8 Å². The summed E-state index contributed by atoms with van der Waals surface area (Å²) in [6.07, 6.45) is 5.02. The van der Waals surface area contributed by atoms with E-state index in [4.69, 9.17) is 15.7 Å². The van der Waals surface area contributed by atoms with Gasteiger partial charge in [-0.25, -0.2) is 14.4 Å². The molecule has 2 heterocycles. The van der Waals surface area contributed by atoms with Gasteiger partial charge in [0.1, 0.15) is 22.7 Å². The van der Waals surface area contributed by atoms with Crippen LogP contribution in [-0.4, -0.2) is 27.0 Å². The SMILES string of the molecule is CCCC[C@H](CC)Cn1c(N)c(C(=O)NCCc2ccc(F)cc2)c2nc3ccccc3nc21. The van der Waals surface area contributed by atoms with Crippen LogP contribution in [0.3, 0.4) is 0 Å². The van der Waals surface area contributed by atoms with Crippen LogP contribution in [0.1, 0.15) is 55.5 Å². The number of amides is 1. The van der Waals surface area contributed by atoms with E-state index in [0.29, 0.717) is 48.0 Å². The van der Waals surface area contributed by atoms with E-state index >= 15 is 0 Å². The number of nitrogens with one attached hydrogen (secondary N) is 1. The molecule has 1 atom stereocenters. The predicted molar refractivity (Wildman–Crippen MR) is 135 cm³/mol. The van der Waals surface area contributed by atoms with Crippen molar-refractivity contribution in [2.75, 3.05) is 12.3 Å². The Morgan fingerprint density at radius 2 is 1.79 bits per heavy atom. The Hall–Kier alpha value is -3.48. The zero-order valence-electron chi connectivity index (χ0n) is 19.9. The average Bonchev–Trinajstić information content (AvgIpc) is 3.11. The quantitative estimate of drug-likeness (QED) is 0.327. The summed E-state index contributed by atoms with van der Waals surface area (Å²) in [5, 5.41) is 2.96. The number of nitrogens with two attached hydrogens (primary N) is 1. The summed E-state index contributed by atoms with van der Waals surface area (Å²) in [7, 11) is 0. The van der Waals surface area contributed by atoms with Gasteiger partial charge in [0.25, 0.3) is 5.91 Å². The molecule has 1 amide bonds. The highest BCUT2D eigenvalue weighted by atomic mass is 19.1. The third-order valence-electron chi connectivity index (χ3n) is 6.42. The molecule has 6 nitrogen and oxygen atoms in total. The monoisotopic (exact) mass is 461 g/mol. The van der Waals surface area contributed by atoms with Crippen molar-refractivity contribution in [2.24, 2.45) is 5.92 Å². The summed E-state index contributed by atoms with van der Waals surface area (Å²) in [5.41, 5.74) is 10.6. The molecule has 0 bridgehead atoms. The number of carbonyl (C=O) groups is 1. The molecule has 0 aliphatic carbocycles. The van der Waals surface area contributed by atoms with E-state index in [1.54, 1.807) is 12.1 Å². The number of nitrogen functional groups attached to an aromatic ring is 1. The highest BCUT2D eigenvalue weighted by molar-refractivity contribution is 6.10. The van der Waals surface area contributed by atoms with E-state index in [-0.39, 0.29) is 11.7 Å². The van der Waals surface area contributed by atoms with Crippen LogP contribution >= 0.6 is 0 Å². The Morgan fingerprint density at radius 3 is 2.47 bits per heavy atom. The van der Waals surface area contributed by atoms with Crippen LogP contribution in [0.25, 0.3) is 22.2 Å². The lowest BCUT2D eigenvalue weighted by Gasteiger charge is -2.17. The third kappa shape index (κ3) is 5.03. The van der Waals surface area contributed by atoms with Gasteiger partial charge in [0, 0.05) is 13.1 Å². The van der Waals surface area contributed by atoms with Gasteiger partial charge in [-0.2, -0.15) is 0 Å². The second-order valence-electron chi connectivity index (χ2n) is 8.80. The Bertz CT molecular complexity index is 1280. The molecule has 2 aromatic heterocycles. The Labute approximate surface area is 199 Å². The molecule has 0 aliphatic rings. The van der Waals surface area contributed by atoms with Gasteiger partial charge in [0.05, 0.1) is 11.0 Å². The van der Waals surface area contributed by atoms with E-state index in [1.165, 1.54) is 12.1 Å². The van der Waals surface area contributed by atoms with Crippen LogP contribution in [0, 0.1) is 11.7 Å². The zero-order valence-corrected chi connectivity index (χ0v) is 19.9. The van der Waals surface area contributed by atoms with Crippen molar-refractivity contribution in [3.05, 3.63) is 65.5 Å². The summed E-state index contributed by atoms with van der Waals surface area (Å²) < 4.78 is 15.1. The lowest BCUT2D eigenvalue weighted by molar-refractivity contribution is 0.0956. The van der Waals surface area contributed by atoms with Gasteiger partial charge in [-0.15, -0.1) is 0 Å². The van der Waals surface area contributed by atoms with Crippen molar-refractivity contribution in [1.29, 1.82) is 0 Å². The molecule has 178 valence electrons. The smallest absolute Gasteiger partial charge is 0.257 e. The molecule has 4 aromatic rings. The molecular weight excluding hydrogens is 429 g/mol. The van der Waals surface area contributed by atoms with Gasteiger partial charge in [-0.1, -0.05) is 57.4 Å². The number of aromatic nitrogens is 3. The number of fused-ring (bicyclic) bond motifs is 2. The molecule has 0 saturated carbocycles. The number of hydrogen-bond acceptors (Lipinski definition) is 4. The zero-order chi connectivity index (χ0) is 24.1. The van der Waals surface area contributed by atoms with Crippen molar-refractivity contribution in [1.82, 2.24) is 19.9 Å². The van der Waals surface area contributed by atoms with Gasteiger partial charge in [0.15, 0.2) is 5.65 Å². The van der Waals surface area contributed by atoms with E-state index in [0.717, 1.165) is 42.3 Å². The first-order valence-electron chi connectivity index (χ1n) is 12.1. The number of anilines is 1. The standard InChI is InChI=1S/C27H32FN5O/c1-3-5-8-18(4-2)17-33-25(29)23(24-26(33)32-22-10-7-6-9-21(22)31-24)27(34)30-16-15-19-11-13-20(28)14-12-19/h6-7,9-14,18H,3-5,8,15-17,29H2,1-2H3,(H,30,34)/t18-/m0/s1. The van der Waals surface area contributed by atoms with E-state index in [9.17, 15) is 9.18 Å². The first-order valence-corrected chi connectivity index (χ1v) is 12.1. The van der Waals surface area contributed by atoms with Crippen molar-refractivity contribution in [3.8, 4) is 0 Å². The fourth-order valence-electron chi connectivity index (χ4n) is 4.36. The maximum atomic E-state index is 13.3. The van der Waals surface area contributed by atoms with E-state index < -0.39 is 0 Å². The Balaban J connectivity index is 1.66. The normalized spacial score (nSPS) is 12.3. The number of unbranched alkanes of at least 4 members (excludes halogenated alkanes) is 1. The molecule has 0 fully saturated rings. The van der Waals surface area contributed by atoms with Crippen molar-refractivity contribution in [3.63, 3.8) is 0 Å². The van der Waals surface area contributed by atoms with Gasteiger partial charge in [-0.3, -0.25) is 4.79 Å². The van der Waals surface area contributed by atoms with E-state index in [1.807, 2.05) is 28.8 Å². The summed E-state index contributed by atoms with van der Waals surface area (Å²) in [5.74, 6) is 0.304. The van der Waals surface area contributed by atoms with Crippen LogP contribution in [0.15, 0.2) is 48.5 Å². The Morgan fingerprint density at radius 1 is 1.09 bits per heavy atom. The van der Waals surface area contributed by atoms with Crippen molar-refractivity contribution < 1.29 is 9.18 Å². The molecule has 0 radical (unpaired) electrons. The van der Waals surface area contributed by atoms with E-state index in [2.05, 4.69) is 19.2 Å². The minimum atomic E-state index is -0.275. The summed E-state index contributed by atoms with van der Waals surface area (Å²) in [6, 6.07) is 13.9. The minimum absolute atomic E-state index is 0.269. The third-order valence-corrected chi connectivity index (χ3v) is 6.42. The molecule has 0 spiro atoms. The van der Waals surface area contributed by atoms with Crippen LogP contribution in [0.4, 0.5) is 10.2 Å². The number of nitrogens with zero attached hydrogens (tertiary/aromatic N) is 3. The molecule has 4 rings (SSSR count). The fraction of sp³-hybridized carbons (Fsp3) is 0.370. The highest BCUT2D eigenvalue weighted by Crippen LogP contribution is 2.30. The lowest BCUT2D eigenvalue weighted by atomic mass is 9.99. The van der Waals surface area contributed by atoms with Crippen LogP contribution in [-0.2, 0) is 13.0 Å². The second-order valence-corrected chi connectivity index (χ2v) is 8.80. The van der Waals surface area contributed by atoms with Gasteiger partial charge in [-0.05, 0) is 48.6 Å².